The first-order chi connectivity index (χ1) is 6.83. The van der Waals surface area contributed by atoms with E-state index in [0.29, 0.717) is 0 Å². The lowest BCUT2D eigenvalue weighted by atomic mass is 10.1. The standard InChI is InChI=1S/C12H20N2/c13-10-4-2-1-3-5-11-6-8-12(14)9-7-11/h6-9H,1-5,10,13-14H2. The molecule has 0 aliphatic carbocycles. The maximum atomic E-state index is 5.61. The summed E-state index contributed by atoms with van der Waals surface area (Å²) in [6, 6.07) is 8.15. The van der Waals surface area contributed by atoms with Crippen LogP contribution in [0.1, 0.15) is 31.2 Å². The fourth-order valence-electron chi connectivity index (χ4n) is 1.51. The number of nitrogen functional groups attached to an aromatic ring is 1. The highest BCUT2D eigenvalue weighted by Crippen LogP contribution is 2.10. The maximum absolute atomic E-state index is 5.61. The molecule has 0 heterocycles. The Balaban J connectivity index is 2.15. The Hall–Kier alpha value is -1.02. The van der Waals surface area contributed by atoms with Crippen LogP contribution in [-0.4, -0.2) is 6.54 Å². The number of hydrogen-bond donors (Lipinski definition) is 2. The number of nitrogens with two attached hydrogens (primary N) is 2. The smallest absolute Gasteiger partial charge is 0.0314 e. The van der Waals surface area contributed by atoms with Gasteiger partial charge in [0.15, 0.2) is 0 Å². The second-order valence-corrected chi connectivity index (χ2v) is 3.69. The molecule has 4 N–H and O–H groups in total. The summed E-state index contributed by atoms with van der Waals surface area (Å²) >= 11 is 0. The van der Waals surface area contributed by atoms with Gasteiger partial charge < -0.3 is 11.5 Å². The van der Waals surface area contributed by atoms with Gasteiger partial charge in [-0.05, 0) is 43.5 Å². The van der Waals surface area contributed by atoms with Gasteiger partial charge in [-0.25, -0.2) is 0 Å². The van der Waals surface area contributed by atoms with E-state index >= 15 is 0 Å². The van der Waals surface area contributed by atoms with E-state index < -0.39 is 0 Å². The van der Waals surface area contributed by atoms with E-state index in [-0.39, 0.29) is 0 Å². The second kappa shape index (κ2) is 6.44. The van der Waals surface area contributed by atoms with Gasteiger partial charge in [-0.15, -0.1) is 0 Å². The first-order valence-corrected chi connectivity index (χ1v) is 5.37. The van der Waals surface area contributed by atoms with Crippen LogP contribution in [0.5, 0.6) is 0 Å². The van der Waals surface area contributed by atoms with E-state index in [1.165, 1.54) is 24.8 Å². The Morgan fingerprint density at radius 3 is 2.14 bits per heavy atom. The average Bonchev–Trinajstić information content (AvgIpc) is 2.21. The average molecular weight is 192 g/mol. The molecule has 0 saturated carbocycles. The van der Waals surface area contributed by atoms with Crippen LogP contribution >= 0.6 is 0 Å². The molecule has 0 fully saturated rings. The molecule has 0 aromatic heterocycles. The molecule has 0 atom stereocenters. The molecule has 78 valence electrons. The lowest BCUT2D eigenvalue weighted by Gasteiger charge is -2.01. The van der Waals surface area contributed by atoms with Gasteiger partial charge in [-0.2, -0.15) is 0 Å². The predicted molar refractivity (Wildman–Crippen MR) is 62.1 cm³/mol. The molecule has 0 spiro atoms. The molecule has 2 heteroatoms. The number of unbranched alkanes of at least 4 members (excludes halogenated alkanes) is 3. The predicted octanol–water partition coefficient (Wildman–Crippen LogP) is 2.33. The molecule has 0 aliphatic rings. The van der Waals surface area contributed by atoms with Gasteiger partial charge >= 0.3 is 0 Å². The van der Waals surface area contributed by atoms with Crippen molar-refractivity contribution in [2.24, 2.45) is 5.73 Å². The summed E-state index contributed by atoms with van der Waals surface area (Å²) in [4.78, 5) is 0. The van der Waals surface area contributed by atoms with Crippen LogP contribution in [0.4, 0.5) is 5.69 Å². The first kappa shape index (κ1) is 11.1. The normalized spacial score (nSPS) is 10.4. The van der Waals surface area contributed by atoms with Crippen LogP contribution in [-0.2, 0) is 6.42 Å². The highest BCUT2D eigenvalue weighted by molar-refractivity contribution is 5.39. The number of rotatable bonds is 6. The van der Waals surface area contributed by atoms with E-state index in [9.17, 15) is 0 Å². The summed E-state index contributed by atoms with van der Waals surface area (Å²) in [6.45, 7) is 0.821. The van der Waals surface area contributed by atoms with Crippen LogP contribution < -0.4 is 11.5 Å². The summed E-state index contributed by atoms with van der Waals surface area (Å²) in [6.07, 6.45) is 6.10. The monoisotopic (exact) mass is 192 g/mol. The third kappa shape index (κ3) is 4.28. The van der Waals surface area contributed by atoms with Crippen molar-refractivity contribution in [1.29, 1.82) is 0 Å². The Labute approximate surface area is 86.3 Å². The van der Waals surface area contributed by atoms with Crippen LogP contribution in [0.3, 0.4) is 0 Å². The van der Waals surface area contributed by atoms with Crippen molar-refractivity contribution >= 4 is 5.69 Å². The fourth-order valence-corrected chi connectivity index (χ4v) is 1.51. The quantitative estimate of drug-likeness (QED) is 0.537. The minimum atomic E-state index is 0.821. The van der Waals surface area contributed by atoms with E-state index in [0.717, 1.165) is 25.1 Å². The van der Waals surface area contributed by atoms with Crippen molar-refractivity contribution in [1.82, 2.24) is 0 Å². The fraction of sp³-hybridized carbons (Fsp3) is 0.500. The van der Waals surface area contributed by atoms with Gasteiger partial charge in [-0.3, -0.25) is 0 Å². The van der Waals surface area contributed by atoms with Gasteiger partial charge in [0.2, 0.25) is 0 Å². The number of aryl methyl sites for hydroxylation is 1. The van der Waals surface area contributed by atoms with E-state index in [1.54, 1.807) is 0 Å². The van der Waals surface area contributed by atoms with E-state index in [2.05, 4.69) is 12.1 Å². The van der Waals surface area contributed by atoms with E-state index in [4.69, 9.17) is 11.5 Å². The zero-order chi connectivity index (χ0) is 10.2. The van der Waals surface area contributed by atoms with Crippen molar-refractivity contribution in [2.45, 2.75) is 32.1 Å². The van der Waals surface area contributed by atoms with Crippen molar-refractivity contribution in [2.75, 3.05) is 12.3 Å². The molecular formula is C12H20N2. The molecule has 1 rings (SSSR count). The largest absolute Gasteiger partial charge is 0.399 e. The Bertz CT molecular complexity index is 241. The number of benzene rings is 1. The second-order valence-electron chi connectivity index (χ2n) is 3.69. The molecular weight excluding hydrogens is 172 g/mol. The van der Waals surface area contributed by atoms with Gasteiger partial charge in [0, 0.05) is 5.69 Å². The van der Waals surface area contributed by atoms with Crippen molar-refractivity contribution in [3.05, 3.63) is 29.8 Å². The van der Waals surface area contributed by atoms with Crippen molar-refractivity contribution in [3.63, 3.8) is 0 Å². The minimum absolute atomic E-state index is 0.821. The number of hydrogen-bond acceptors (Lipinski definition) is 2. The SMILES string of the molecule is NCCCCCCc1ccc(N)cc1. The third-order valence-electron chi connectivity index (χ3n) is 2.40. The summed E-state index contributed by atoms with van der Waals surface area (Å²) < 4.78 is 0. The minimum Gasteiger partial charge on any atom is -0.399 e. The summed E-state index contributed by atoms with van der Waals surface area (Å²) in [5, 5.41) is 0. The Morgan fingerprint density at radius 2 is 1.50 bits per heavy atom. The lowest BCUT2D eigenvalue weighted by molar-refractivity contribution is 0.647. The van der Waals surface area contributed by atoms with Crippen LogP contribution in [0.2, 0.25) is 0 Å². The highest BCUT2D eigenvalue weighted by atomic mass is 14.5. The summed E-state index contributed by atoms with van der Waals surface area (Å²) in [5.41, 5.74) is 13.3. The molecule has 2 nitrogen and oxygen atoms in total. The van der Waals surface area contributed by atoms with Crippen molar-refractivity contribution in [3.8, 4) is 0 Å². The van der Waals surface area contributed by atoms with Crippen LogP contribution in [0.15, 0.2) is 24.3 Å². The molecule has 14 heavy (non-hydrogen) atoms. The highest BCUT2D eigenvalue weighted by Gasteiger charge is 1.93. The molecule has 0 radical (unpaired) electrons. The van der Waals surface area contributed by atoms with E-state index in [1.807, 2.05) is 12.1 Å². The van der Waals surface area contributed by atoms with Gasteiger partial charge in [0.1, 0.15) is 0 Å². The molecule has 1 aromatic carbocycles. The number of anilines is 1. The van der Waals surface area contributed by atoms with Crippen LogP contribution in [0, 0.1) is 0 Å². The Morgan fingerprint density at radius 1 is 0.857 bits per heavy atom. The van der Waals surface area contributed by atoms with Crippen molar-refractivity contribution < 1.29 is 0 Å². The third-order valence-corrected chi connectivity index (χ3v) is 2.40. The van der Waals surface area contributed by atoms with Gasteiger partial charge in [0.25, 0.3) is 0 Å². The molecule has 0 bridgehead atoms. The lowest BCUT2D eigenvalue weighted by Crippen LogP contribution is -1.97. The van der Waals surface area contributed by atoms with Gasteiger partial charge in [-0.1, -0.05) is 25.0 Å². The molecule has 0 unspecified atom stereocenters. The summed E-state index contributed by atoms with van der Waals surface area (Å²) in [5.74, 6) is 0. The maximum Gasteiger partial charge on any atom is 0.0314 e. The molecule has 0 aliphatic heterocycles. The zero-order valence-electron chi connectivity index (χ0n) is 8.71. The first-order valence-electron chi connectivity index (χ1n) is 5.37. The zero-order valence-corrected chi connectivity index (χ0v) is 8.71. The topological polar surface area (TPSA) is 52.0 Å². The van der Waals surface area contributed by atoms with Gasteiger partial charge in [0.05, 0.1) is 0 Å². The molecule has 0 amide bonds. The summed E-state index contributed by atoms with van der Waals surface area (Å²) in [7, 11) is 0. The Kier molecular flexibility index (Phi) is 5.08. The molecule has 0 saturated heterocycles. The van der Waals surface area contributed by atoms with Crippen LogP contribution in [0.25, 0.3) is 0 Å². The molecule has 1 aromatic rings.